The van der Waals surface area contributed by atoms with Gasteiger partial charge < -0.3 is 10.6 Å². The van der Waals surface area contributed by atoms with E-state index in [0.29, 0.717) is 16.3 Å². The van der Waals surface area contributed by atoms with Crippen LogP contribution in [0.15, 0.2) is 41.9 Å². The zero-order valence-electron chi connectivity index (χ0n) is 14.6. The van der Waals surface area contributed by atoms with Gasteiger partial charge in [-0.15, -0.1) is 21.5 Å². The number of carbonyl (C=O) groups is 3. The summed E-state index contributed by atoms with van der Waals surface area (Å²) in [6.07, 6.45) is 2.26. The van der Waals surface area contributed by atoms with E-state index in [9.17, 15) is 14.4 Å². The molecule has 3 aromatic rings. The summed E-state index contributed by atoms with van der Waals surface area (Å²) in [5.41, 5.74) is 0.714. The van der Waals surface area contributed by atoms with Gasteiger partial charge in [0.05, 0.1) is 11.4 Å². The van der Waals surface area contributed by atoms with Gasteiger partial charge in [-0.1, -0.05) is 12.1 Å². The molecule has 0 aliphatic rings. The van der Waals surface area contributed by atoms with E-state index in [2.05, 4.69) is 20.8 Å². The molecule has 9 heteroatoms. The van der Waals surface area contributed by atoms with Gasteiger partial charge in [-0.2, -0.15) is 0 Å². The molecule has 0 saturated heterocycles. The molecule has 2 amide bonds. The van der Waals surface area contributed by atoms with Crippen LogP contribution in [-0.2, 0) is 16.1 Å². The van der Waals surface area contributed by atoms with Crippen LogP contribution in [0, 0.1) is 0 Å². The highest BCUT2D eigenvalue weighted by Gasteiger charge is 2.11. The van der Waals surface area contributed by atoms with Crippen LogP contribution < -0.4 is 10.6 Å². The molecular formula is C18H19N5O3S. The molecule has 8 nitrogen and oxygen atoms in total. The summed E-state index contributed by atoms with van der Waals surface area (Å²) in [7, 11) is 0. The molecule has 0 aromatic carbocycles. The van der Waals surface area contributed by atoms with E-state index in [1.54, 1.807) is 16.5 Å². The Morgan fingerprint density at radius 3 is 2.63 bits per heavy atom. The molecule has 140 valence electrons. The Kier molecular flexibility index (Phi) is 6.26. The van der Waals surface area contributed by atoms with Crippen molar-refractivity contribution in [2.45, 2.75) is 25.8 Å². The van der Waals surface area contributed by atoms with Gasteiger partial charge in [0.25, 0.3) is 0 Å². The van der Waals surface area contributed by atoms with Crippen LogP contribution in [0.3, 0.4) is 0 Å². The number of rotatable bonds is 9. The summed E-state index contributed by atoms with van der Waals surface area (Å²) in [6.45, 7) is 0.478. The Morgan fingerprint density at radius 1 is 0.963 bits per heavy atom. The Hall–Kier alpha value is -3.07. The van der Waals surface area contributed by atoms with Crippen LogP contribution in [0.2, 0.25) is 0 Å². The monoisotopic (exact) mass is 385 g/mol. The van der Waals surface area contributed by atoms with Crippen molar-refractivity contribution in [3.05, 3.63) is 52.6 Å². The third-order valence-electron chi connectivity index (χ3n) is 3.88. The predicted octanol–water partition coefficient (Wildman–Crippen LogP) is 1.58. The van der Waals surface area contributed by atoms with Crippen LogP contribution >= 0.6 is 11.3 Å². The van der Waals surface area contributed by atoms with Gasteiger partial charge in [0.15, 0.2) is 17.3 Å². The van der Waals surface area contributed by atoms with Crippen molar-refractivity contribution in [1.82, 2.24) is 25.2 Å². The van der Waals surface area contributed by atoms with E-state index < -0.39 is 0 Å². The first kappa shape index (κ1) is 18.7. The number of pyridine rings is 1. The summed E-state index contributed by atoms with van der Waals surface area (Å²) in [5, 5.41) is 15.3. The molecule has 0 fully saturated rings. The van der Waals surface area contributed by atoms with Crippen molar-refractivity contribution >= 4 is 34.6 Å². The summed E-state index contributed by atoms with van der Waals surface area (Å²) in [4.78, 5) is 36.2. The summed E-state index contributed by atoms with van der Waals surface area (Å²) in [5.74, 6) is 0.155. The van der Waals surface area contributed by atoms with Crippen LogP contribution in [0.25, 0.3) is 5.65 Å². The maximum atomic E-state index is 11.9. The lowest BCUT2D eigenvalue weighted by Crippen LogP contribution is -2.31. The van der Waals surface area contributed by atoms with Crippen molar-refractivity contribution in [3.8, 4) is 0 Å². The number of thiophene rings is 1. The minimum atomic E-state index is -0.240. The Bertz CT molecular complexity index is 936. The molecule has 0 bridgehead atoms. The molecule has 3 rings (SSSR count). The fourth-order valence-corrected chi connectivity index (χ4v) is 3.16. The second kappa shape index (κ2) is 9.04. The van der Waals surface area contributed by atoms with Gasteiger partial charge in [0.2, 0.25) is 11.8 Å². The summed E-state index contributed by atoms with van der Waals surface area (Å²) < 4.78 is 1.80. The molecule has 0 unspecified atom stereocenters. The third-order valence-corrected chi connectivity index (χ3v) is 4.79. The number of ketones is 1. The molecule has 0 atom stereocenters. The lowest BCUT2D eigenvalue weighted by atomic mass is 10.2. The number of amides is 2. The fraction of sp³-hybridized carbons (Fsp3) is 0.278. The van der Waals surface area contributed by atoms with Gasteiger partial charge >= 0.3 is 0 Å². The van der Waals surface area contributed by atoms with E-state index in [-0.39, 0.29) is 49.9 Å². The van der Waals surface area contributed by atoms with Gasteiger partial charge in [-0.3, -0.25) is 18.8 Å². The maximum absolute atomic E-state index is 11.9. The maximum Gasteiger partial charge on any atom is 0.222 e. The number of Topliss-reactive ketones (excluding diaryl/α,β-unsaturated/α-hetero) is 1. The van der Waals surface area contributed by atoms with Crippen molar-refractivity contribution in [2.24, 2.45) is 0 Å². The number of nitrogens with one attached hydrogen (secondary N) is 2. The van der Waals surface area contributed by atoms with Crippen LogP contribution in [-0.4, -0.2) is 38.7 Å². The smallest absolute Gasteiger partial charge is 0.222 e. The van der Waals surface area contributed by atoms with Crippen molar-refractivity contribution in [3.63, 3.8) is 0 Å². The first-order valence-corrected chi connectivity index (χ1v) is 9.40. The van der Waals surface area contributed by atoms with Crippen molar-refractivity contribution < 1.29 is 14.4 Å². The lowest BCUT2D eigenvalue weighted by Gasteiger charge is -2.06. The first-order valence-electron chi connectivity index (χ1n) is 8.52. The minimum absolute atomic E-state index is 0.0431. The molecule has 3 aromatic heterocycles. The molecule has 0 radical (unpaired) electrons. The van der Waals surface area contributed by atoms with Gasteiger partial charge in [0.1, 0.15) is 0 Å². The predicted molar refractivity (Wildman–Crippen MR) is 100 cm³/mol. The van der Waals surface area contributed by atoms with E-state index in [4.69, 9.17) is 0 Å². The van der Waals surface area contributed by atoms with Crippen LogP contribution in [0.4, 0.5) is 0 Å². The minimum Gasteiger partial charge on any atom is -0.356 e. The van der Waals surface area contributed by atoms with E-state index in [1.165, 1.54) is 11.3 Å². The van der Waals surface area contributed by atoms with Crippen molar-refractivity contribution in [1.29, 1.82) is 0 Å². The second-order valence-electron chi connectivity index (χ2n) is 5.82. The number of hydrogen-bond acceptors (Lipinski definition) is 6. The molecule has 27 heavy (non-hydrogen) atoms. The number of hydrogen-bond donors (Lipinski definition) is 2. The fourth-order valence-electron chi connectivity index (χ4n) is 2.47. The quantitative estimate of drug-likeness (QED) is 0.544. The molecule has 0 aliphatic carbocycles. The average molecular weight is 385 g/mol. The van der Waals surface area contributed by atoms with Crippen LogP contribution in [0.1, 0.15) is 34.8 Å². The SMILES string of the molecule is O=C(CCC(=O)c1cccs1)NCCC(=O)NCc1nnc2ccccn12. The van der Waals surface area contributed by atoms with Crippen molar-refractivity contribution in [2.75, 3.05) is 6.54 Å². The molecule has 2 N–H and O–H groups in total. The second-order valence-corrected chi connectivity index (χ2v) is 6.77. The highest BCUT2D eigenvalue weighted by molar-refractivity contribution is 7.12. The molecule has 0 aliphatic heterocycles. The number of carbonyl (C=O) groups excluding carboxylic acids is 3. The van der Waals surface area contributed by atoms with E-state index >= 15 is 0 Å². The number of fused-ring (bicyclic) bond motifs is 1. The standard InChI is InChI=1S/C18H19N5O3S/c24-13(14-4-3-11-27-14)6-7-17(25)19-9-8-18(26)20-12-16-22-21-15-5-1-2-10-23(15)16/h1-5,10-11H,6-9,12H2,(H,19,25)(H,20,26). The van der Waals surface area contributed by atoms with Crippen LogP contribution in [0.5, 0.6) is 0 Å². The highest BCUT2D eigenvalue weighted by atomic mass is 32.1. The third kappa shape index (κ3) is 5.20. The van der Waals surface area contributed by atoms with Gasteiger partial charge in [-0.25, -0.2) is 0 Å². The summed E-state index contributed by atoms with van der Waals surface area (Å²) in [6, 6.07) is 9.10. The molecular weight excluding hydrogens is 366 g/mol. The zero-order valence-corrected chi connectivity index (χ0v) is 15.4. The lowest BCUT2D eigenvalue weighted by molar-refractivity contribution is -0.122. The zero-order chi connectivity index (χ0) is 19.1. The largest absolute Gasteiger partial charge is 0.356 e. The Labute approximate surface area is 159 Å². The van der Waals surface area contributed by atoms with E-state index in [1.807, 2.05) is 29.8 Å². The van der Waals surface area contributed by atoms with E-state index in [0.717, 1.165) is 0 Å². The first-order chi connectivity index (χ1) is 13.1. The molecule has 0 saturated carbocycles. The number of aromatic nitrogens is 3. The average Bonchev–Trinajstić information content (AvgIpc) is 3.34. The Balaban J connectivity index is 1.33. The normalized spacial score (nSPS) is 10.7. The van der Waals surface area contributed by atoms with Gasteiger partial charge in [0, 0.05) is 32.0 Å². The number of nitrogens with zero attached hydrogens (tertiary/aromatic N) is 3. The van der Waals surface area contributed by atoms with Gasteiger partial charge in [-0.05, 0) is 23.6 Å². The topological polar surface area (TPSA) is 105 Å². The summed E-state index contributed by atoms with van der Waals surface area (Å²) >= 11 is 1.36. The molecule has 3 heterocycles. The Morgan fingerprint density at radius 2 is 1.81 bits per heavy atom. The molecule has 0 spiro atoms. The highest BCUT2D eigenvalue weighted by Crippen LogP contribution is 2.12.